The van der Waals surface area contributed by atoms with E-state index in [0.717, 1.165) is 17.7 Å². The first-order valence-corrected chi connectivity index (χ1v) is 12.4. The lowest BCUT2D eigenvalue weighted by atomic mass is 10.2. The van der Waals surface area contributed by atoms with E-state index in [1.807, 2.05) is 0 Å². The Balaban J connectivity index is 1.80. The van der Waals surface area contributed by atoms with Crippen LogP contribution in [0.1, 0.15) is 25.3 Å². The first-order chi connectivity index (χ1) is 13.7. The Morgan fingerprint density at radius 2 is 1.66 bits per heavy atom. The summed E-state index contributed by atoms with van der Waals surface area (Å²) in [5.74, 6) is -0.215. The molecule has 1 aliphatic rings. The highest BCUT2D eigenvalue weighted by atomic mass is 32.2. The van der Waals surface area contributed by atoms with Crippen molar-refractivity contribution in [2.24, 2.45) is 0 Å². The van der Waals surface area contributed by atoms with Crippen molar-refractivity contribution in [2.75, 3.05) is 19.7 Å². The highest BCUT2D eigenvalue weighted by molar-refractivity contribution is 7.92. The third kappa shape index (κ3) is 4.46. The molecule has 0 unspecified atom stereocenters. The molecule has 1 saturated heterocycles. The molecule has 9 heteroatoms. The summed E-state index contributed by atoms with van der Waals surface area (Å²) in [5.41, 5.74) is 0.792. The third-order valence-electron chi connectivity index (χ3n) is 5.00. The monoisotopic (exact) mass is 441 g/mol. The van der Waals surface area contributed by atoms with Gasteiger partial charge in [0.2, 0.25) is 10.0 Å². The molecule has 1 heterocycles. The standard InChI is InChI=1S/C20H24FNO5S2/c1-3-27-19-9-4-15(2)14-20(19)29(25,26)22-12-10-18(11-13-22)28(23,24)17-7-5-16(21)6-8-17/h4-9,14,18H,3,10-13H2,1-2H3. The van der Waals surface area contributed by atoms with Gasteiger partial charge in [-0.25, -0.2) is 21.2 Å². The van der Waals surface area contributed by atoms with Gasteiger partial charge in [-0.15, -0.1) is 0 Å². The first kappa shape index (κ1) is 21.7. The minimum atomic E-state index is -3.81. The van der Waals surface area contributed by atoms with Crippen molar-refractivity contribution >= 4 is 19.9 Å². The summed E-state index contributed by atoms with van der Waals surface area (Å²) >= 11 is 0. The molecule has 0 atom stereocenters. The molecule has 158 valence electrons. The molecular weight excluding hydrogens is 417 g/mol. The molecule has 0 N–H and O–H groups in total. The molecule has 3 rings (SSSR count). The fraction of sp³-hybridized carbons (Fsp3) is 0.400. The van der Waals surface area contributed by atoms with Crippen molar-refractivity contribution in [3.8, 4) is 5.75 Å². The van der Waals surface area contributed by atoms with E-state index >= 15 is 0 Å². The quantitative estimate of drug-likeness (QED) is 0.644. The second-order valence-electron chi connectivity index (χ2n) is 6.99. The van der Waals surface area contributed by atoms with Crippen LogP contribution in [-0.2, 0) is 19.9 Å². The van der Waals surface area contributed by atoms with E-state index in [1.165, 1.54) is 16.4 Å². The summed E-state index contributed by atoms with van der Waals surface area (Å²) in [7, 11) is -7.46. The summed E-state index contributed by atoms with van der Waals surface area (Å²) in [6.07, 6.45) is 0.351. The summed E-state index contributed by atoms with van der Waals surface area (Å²) in [5, 5.41) is -0.705. The molecular formula is C20H24FNO5S2. The van der Waals surface area contributed by atoms with Crippen LogP contribution in [0.2, 0.25) is 0 Å². The molecule has 1 aliphatic heterocycles. The van der Waals surface area contributed by atoms with Gasteiger partial charge in [0.1, 0.15) is 16.5 Å². The zero-order valence-corrected chi connectivity index (χ0v) is 18.0. The Morgan fingerprint density at radius 1 is 1.03 bits per heavy atom. The number of hydrogen-bond donors (Lipinski definition) is 0. The van der Waals surface area contributed by atoms with Gasteiger partial charge < -0.3 is 4.74 Å². The van der Waals surface area contributed by atoms with Crippen LogP contribution in [0, 0.1) is 12.7 Å². The van der Waals surface area contributed by atoms with Gasteiger partial charge in [0.25, 0.3) is 0 Å². The van der Waals surface area contributed by atoms with Crippen molar-refractivity contribution in [1.29, 1.82) is 0 Å². The second kappa shape index (κ2) is 8.41. The average molecular weight is 442 g/mol. The molecule has 0 aliphatic carbocycles. The van der Waals surface area contributed by atoms with E-state index in [9.17, 15) is 21.2 Å². The Hall–Kier alpha value is -1.97. The zero-order valence-electron chi connectivity index (χ0n) is 16.3. The fourth-order valence-corrected chi connectivity index (χ4v) is 6.85. The van der Waals surface area contributed by atoms with Gasteiger partial charge in [-0.1, -0.05) is 6.07 Å². The van der Waals surface area contributed by atoms with E-state index in [-0.39, 0.29) is 35.7 Å². The van der Waals surface area contributed by atoms with Crippen LogP contribution in [-0.4, -0.2) is 46.1 Å². The number of nitrogens with zero attached hydrogens (tertiary/aromatic N) is 1. The smallest absolute Gasteiger partial charge is 0.246 e. The Bertz CT molecular complexity index is 1070. The van der Waals surface area contributed by atoms with E-state index in [0.29, 0.717) is 12.4 Å². The molecule has 0 radical (unpaired) electrons. The highest BCUT2D eigenvalue weighted by Crippen LogP contribution is 2.32. The summed E-state index contributed by atoms with van der Waals surface area (Å²) in [4.78, 5) is 0.150. The molecule has 1 fully saturated rings. The molecule has 0 amide bonds. The average Bonchev–Trinajstić information content (AvgIpc) is 2.70. The first-order valence-electron chi connectivity index (χ1n) is 9.39. The number of rotatable bonds is 6. The number of sulfonamides is 1. The van der Waals surface area contributed by atoms with Crippen LogP contribution >= 0.6 is 0 Å². The summed E-state index contributed by atoms with van der Waals surface area (Å²) < 4.78 is 71.8. The van der Waals surface area contributed by atoms with Gasteiger partial charge in [-0.2, -0.15) is 4.31 Å². The van der Waals surface area contributed by atoms with Crippen LogP contribution in [0.4, 0.5) is 4.39 Å². The van der Waals surface area contributed by atoms with Crippen LogP contribution in [0.5, 0.6) is 5.75 Å². The number of aryl methyl sites for hydroxylation is 1. The van der Waals surface area contributed by atoms with Crippen LogP contribution in [0.15, 0.2) is 52.3 Å². The SMILES string of the molecule is CCOc1ccc(C)cc1S(=O)(=O)N1CCC(S(=O)(=O)c2ccc(F)cc2)CC1. The summed E-state index contributed by atoms with van der Waals surface area (Å²) in [6, 6.07) is 9.70. The van der Waals surface area contributed by atoms with Crippen molar-refractivity contribution in [3.63, 3.8) is 0 Å². The van der Waals surface area contributed by atoms with Crippen LogP contribution in [0.3, 0.4) is 0 Å². The van der Waals surface area contributed by atoms with Crippen molar-refractivity contribution < 1.29 is 26.0 Å². The number of hydrogen-bond acceptors (Lipinski definition) is 5. The van der Waals surface area contributed by atoms with Gasteiger partial charge in [0.15, 0.2) is 9.84 Å². The molecule has 6 nitrogen and oxygen atoms in total. The van der Waals surface area contributed by atoms with E-state index < -0.39 is 30.9 Å². The predicted molar refractivity (Wildman–Crippen MR) is 108 cm³/mol. The topological polar surface area (TPSA) is 80.8 Å². The minimum Gasteiger partial charge on any atom is -0.492 e. The van der Waals surface area contributed by atoms with Crippen molar-refractivity contribution in [2.45, 2.75) is 41.7 Å². The largest absolute Gasteiger partial charge is 0.492 e. The molecule has 0 saturated carbocycles. The maximum atomic E-state index is 13.2. The van der Waals surface area contributed by atoms with Gasteiger partial charge >= 0.3 is 0 Å². The third-order valence-corrected chi connectivity index (χ3v) is 9.20. The highest BCUT2D eigenvalue weighted by Gasteiger charge is 2.36. The molecule has 2 aromatic rings. The minimum absolute atomic E-state index is 0.0533. The van der Waals surface area contributed by atoms with Crippen molar-refractivity contribution in [3.05, 3.63) is 53.8 Å². The number of ether oxygens (including phenoxy) is 1. The maximum Gasteiger partial charge on any atom is 0.246 e. The lowest BCUT2D eigenvalue weighted by Gasteiger charge is -2.31. The Labute approximate surface area is 171 Å². The van der Waals surface area contributed by atoms with Crippen LogP contribution < -0.4 is 4.74 Å². The van der Waals surface area contributed by atoms with Gasteiger partial charge in [0.05, 0.1) is 16.8 Å². The number of sulfone groups is 1. The van der Waals surface area contributed by atoms with E-state index in [2.05, 4.69) is 0 Å². The van der Waals surface area contributed by atoms with E-state index in [1.54, 1.807) is 32.0 Å². The molecule has 0 bridgehead atoms. The second-order valence-corrected chi connectivity index (χ2v) is 11.1. The zero-order chi connectivity index (χ0) is 21.2. The lowest BCUT2D eigenvalue weighted by molar-refractivity contribution is 0.322. The Kier molecular flexibility index (Phi) is 6.30. The number of halogens is 1. The van der Waals surface area contributed by atoms with Gasteiger partial charge in [0, 0.05) is 13.1 Å². The predicted octanol–water partition coefficient (Wildman–Crippen LogP) is 3.16. The Morgan fingerprint density at radius 3 is 2.24 bits per heavy atom. The number of piperidine rings is 1. The van der Waals surface area contributed by atoms with Crippen molar-refractivity contribution in [1.82, 2.24) is 4.31 Å². The lowest BCUT2D eigenvalue weighted by Crippen LogP contribution is -2.42. The maximum absolute atomic E-state index is 13.2. The molecule has 0 aromatic heterocycles. The van der Waals surface area contributed by atoms with Gasteiger partial charge in [-0.3, -0.25) is 0 Å². The number of benzene rings is 2. The molecule has 0 spiro atoms. The van der Waals surface area contributed by atoms with E-state index in [4.69, 9.17) is 4.74 Å². The molecule has 2 aromatic carbocycles. The summed E-state index contributed by atoms with van der Waals surface area (Å²) in [6.45, 7) is 4.10. The van der Waals surface area contributed by atoms with Crippen LogP contribution in [0.25, 0.3) is 0 Å². The normalized spacial score (nSPS) is 16.7. The fourth-order valence-electron chi connectivity index (χ4n) is 3.43. The molecule has 29 heavy (non-hydrogen) atoms. The van der Waals surface area contributed by atoms with Gasteiger partial charge in [-0.05, 0) is 68.7 Å².